The van der Waals surface area contributed by atoms with Gasteiger partial charge in [0, 0.05) is 6.54 Å². The highest BCUT2D eigenvalue weighted by atomic mass is 32.2. The van der Waals surface area contributed by atoms with E-state index < -0.39 is 14.8 Å². The van der Waals surface area contributed by atoms with E-state index in [1.54, 1.807) is 6.92 Å². The zero-order chi connectivity index (χ0) is 14.1. The van der Waals surface area contributed by atoms with Crippen molar-refractivity contribution >= 4 is 10.0 Å². The van der Waals surface area contributed by atoms with Crippen LogP contribution in [0.25, 0.3) is 0 Å². The van der Waals surface area contributed by atoms with Gasteiger partial charge in [-0.2, -0.15) is 5.26 Å². The summed E-state index contributed by atoms with van der Waals surface area (Å²) in [5, 5.41) is 9.40. The van der Waals surface area contributed by atoms with Gasteiger partial charge < -0.3 is 0 Å². The molecule has 1 N–H and O–H groups in total. The van der Waals surface area contributed by atoms with Crippen LogP contribution in [0.4, 0.5) is 0 Å². The van der Waals surface area contributed by atoms with Crippen molar-refractivity contribution in [1.82, 2.24) is 4.72 Å². The second-order valence-electron chi connectivity index (χ2n) is 4.67. The van der Waals surface area contributed by atoms with E-state index in [1.165, 1.54) is 0 Å². The summed E-state index contributed by atoms with van der Waals surface area (Å²) in [5.41, 5.74) is 0. The number of nitrogens with one attached hydrogen (secondary N) is 1. The lowest BCUT2D eigenvalue weighted by Crippen LogP contribution is -2.45. The van der Waals surface area contributed by atoms with Crippen LogP contribution < -0.4 is 4.72 Å². The van der Waals surface area contributed by atoms with Crippen LogP contribution in [0.2, 0.25) is 0 Å². The summed E-state index contributed by atoms with van der Waals surface area (Å²) in [6, 6.07) is 2.08. The Bertz CT molecular complexity index is 360. The van der Waals surface area contributed by atoms with Gasteiger partial charge in [0.15, 0.2) is 4.75 Å². The van der Waals surface area contributed by atoms with Crippen LogP contribution >= 0.6 is 0 Å². The third-order valence-corrected chi connectivity index (χ3v) is 5.37. The van der Waals surface area contributed by atoms with Crippen molar-refractivity contribution < 1.29 is 8.42 Å². The average molecular weight is 274 g/mol. The molecule has 0 rings (SSSR count). The minimum atomic E-state index is -3.55. The van der Waals surface area contributed by atoms with Gasteiger partial charge in [-0.25, -0.2) is 13.1 Å². The molecule has 4 nitrogen and oxygen atoms in total. The van der Waals surface area contributed by atoms with Gasteiger partial charge in [-0.05, 0) is 12.8 Å². The largest absolute Gasteiger partial charge is 0.230 e. The molecule has 18 heavy (non-hydrogen) atoms. The van der Waals surface area contributed by atoms with Crippen LogP contribution in [0, 0.1) is 11.3 Å². The van der Waals surface area contributed by atoms with Crippen LogP contribution in [0.1, 0.15) is 65.7 Å². The van der Waals surface area contributed by atoms with Gasteiger partial charge in [-0.3, -0.25) is 0 Å². The van der Waals surface area contributed by atoms with Gasteiger partial charge in [0.05, 0.1) is 6.07 Å². The Morgan fingerprint density at radius 3 is 2.06 bits per heavy atom. The Morgan fingerprint density at radius 2 is 1.61 bits per heavy atom. The maximum absolute atomic E-state index is 12.3. The van der Waals surface area contributed by atoms with Crippen LogP contribution in [0.3, 0.4) is 0 Å². The van der Waals surface area contributed by atoms with Crippen molar-refractivity contribution in [3.8, 4) is 6.07 Å². The molecule has 106 valence electrons. The zero-order valence-electron chi connectivity index (χ0n) is 11.8. The molecule has 1 unspecified atom stereocenters. The van der Waals surface area contributed by atoms with Crippen LogP contribution in [0.5, 0.6) is 0 Å². The molecule has 0 aromatic heterocycles. The topological polar surface area (TPSA) is 70.0 Å². The molecule has 0 fully saturated rings. The summed E-state index contributed by atoms with van der Waals surface area (Å²) < 4.78 is 25.8. The highest BCUT2D eigenvalue weighted by molar-refractivity contribution is 7.91. The lowest BCUT2D eigenvalue weighted by atomic mass is 9.96. The van der Waals surface area contributed by atoms with Crippen molar-refractivity contribution in [2.24, 2.45) is 0 Å². The molecule has 0 amide bonds. The maximum atomic E-state index is 12.3. The fourth-order valence-electron chi connectivity index (χ4n) is 2.02. The summed E-state index contributed by atoms with van der Waals surface area (Å²) in [7, 11) is -3.55. The predicted molar refractivity (Wildman–Crippen MR) is 74.6 cm³/mol. The minimum Gasteiger partial charge on any atom is -0.214 e. The molecule has 0 saturated heterocycles. The molecule has 5 heteroatoms. The van der Waals surface area contributed by atoms with Crippen LogP contribution in [-0.2, 0) is 10.0 Å². The van der Waals surface area contributed by atoms with Gasteiger partial charge in [0.25, 0.3) is 0 Å². The number of unbranched alkanes of at least 4 members (excludes halogenated alkanes) is 3. The molecule has 0 aliphatic rings. The second-order valence-corrected chi connectivity index (χ2v) is 6.75. The molecule has 0 aliphatic heterocycles. The van der Waals surface area contributed by atoms with Gasteiger partial charge in [-0.1, -0.05) is 52.9 Å². The average Bonchev–Trinajstić information content (AvgIpc) is 2.33. The maximum Gasteiger partial charge on any atom is 0.230 e. The number of sulfonamides is 1. The molecule has 0 heterocycles. The molecular formula is C13H26N2O2S. The molecule has 1 atom stereocenters. The van der Waals surface area contributed by atoms with E-state index in [0.717, 1.165) is 32.1 Å². The summed E-state index contributed by atoms with van der Waals surface area (Å²) in [6.45, 7) is 6.16. The fraction of sp³-hybridized carbons (Fsp3) is 0.923. The molecule has 0 bridgehead atoms. The van der Waals surface area contributed by atoms with E-state index >= 15 is 0 Å². The lowest BCUT2D eigenvalue weighted by Gasteiger charge is -2.26. The second kappa shape index (κ2) is 8.49. The zero-order valence-corrected chi connectivity index (χ0v) is 12.6. The number of nitriles is 1. The van der Waals surface area contributed by atoms with Gasteiger partial charge in [-0.15, -0.1) is 0 Å². The van der Waals surface area contributed by atoms with E-state index in [2.05, 4.69) is 17.7 Å². The highest BCUT2D eigenvalue weighted by Crippen LogP contribution is 2.29. The first-order valence-corrected chi connectivity index (χ1v) is 8.38. The molecular weight excluding hydrogens is 248 g/mol. The van der Waals surface area contributed by atoms with Crippen LogP contribution in [-0.4, -0.2) is 19.7 Å². The standard InChI is InChI=1S/C13H26N2O2S/c1-4-7-9-11-13(12-14,10-8-5-2)18(16,17)15-6-3/h15H,4-11H2,1-3H3. The molecule has 0 spiro atoms. The molecule has 0 saturated carbocycles. The van der Waals surface area contributed by atoms with E-state index in [4.69, 9.17) is 0 Å². The first-order valence-electron chi connectivity index (χ1n) is 6.90. The summed E-state index contributed by atoms with van der Waals surface area (Å²) in [6.07, 6.45) is 5.32. The van der Waals surface area contributed by atoms with Crippen molar-refractivity contribution in [1.29, 1.82) is 5.26 Å². The Labute approximate surface area is 112 Å². The van der Waals surface area contributed by atoms with Crippen molar-refractivity contribution in [2.45, 2.75) is 70.5 Å². The predicted octanol–water partition coefficient (Wildman–Crippen LogP) is 2.96. The number of rotatable bonds is 10. The summed E-state index contributed by atoms with van der Waals surface area (Å²) in [5.74, 6) is 0. The fourth-order valence-corrected chi connectivity index (χ4v) is 3.62. The summed E-state index contributed by atoms with van der Waals surface area (Å²) >= 11 is 0. The highest BCUT2D eigenvalue weighted by Gasteiger charge is 2.42. The van der Waals surface area contributed by atoms with Crippen molar-refractivity contribution in [3.05, 3.63) is 0 Å². The molecule has 0 aromatic rings. The quantitative estimate of drug-likeness (QED) is 0.623. The SMILES string of the molecule is CCCCCC(C#N)(CCCC)S(=O)(=O)NCC. The lowest BCUT2D eigenvalue weighted by molar-refractivity contribution is 0.477. The van der Waals surface area contributed by atoms with Gasteiger partial charge >= 0.3 is 0 Å². The normalized spacial score (nSPS) is 15.0. The van der Waals surface area contributed by atoms with E-state index in [-0.39, 0.29) is 0 Å². The molecule has 0 aromatic carbocycles. The first kappa shape index (κ1) is 17.4. The van der Waals surface area contributed by atoms with Crippen molar-refractivity contribution in [2.75, 3.05) is 6.54 Å². The van der Waals surface area contributed by atoms with E-state index in [1.807, 2.05) is 6.92 Å². The summed E-state index contributed by atoms with van der Waals surface area (Å²) in [4.78, 5) is 0. The minimum absolute atomic E-state index is 0.339. The number of hydrogen-bond acceptors (Lipinski definition) is 3. The molecule has 0 radical (unpaired) electrons. The Kier molecular flexibility index (Phi) is 8.21. The Balaban J connectivity index is 5.04. The molecule has 0 aliphatic carbocycles. The van der Waals surface area contributed by atoms with Crippen molar-refractivity contribution in [3.63, 3.8) is 0 Å². The van der Waals surface area contributed by atoms with Gasteiger partial charge in [0.2, 0.25) is 10.0 Å². The Hall–Kier alpha value is -0.600. The monoisotopic (exact) mass is 274 g/mol. The van der Waals surface area contributed by atoms with Crippen LogP contribution in [0.15, 0.2) is 0 Å². The number of hydrogen-bond donors (Lipinski definition) is 1. The van der Waals surface area contributed by atoms with E-state index in [0.29, 0.717) is 19.4 Å². The third kappa shape index (κ3) is 4.58. The third-order valence-electron chi connectivity index (χ3n) is 3.17. The smallest absolute Gasteiger partial charge is 0.214 e. The van der Waals surface area contributed by atoms with Gasteiger partial charge in [0.1, 0.15) is 0 Å². The first-order chi connectivity index (χ1) is 8.49. The Morgan fingerprint density at radius 1 is 1.06 bits per heavy atom. The van der Waals surface area contributed by atoms with E-state index in [9.17, 15) is 13.7 Å². The number of nitrogens with zero attached hydrogens (tertiary/aromatic N) is 1.